The smallest absolute Gasteiger partial charge is 0.336 e. The summed E-state index contributed by atoms with van der Waals surface area (Å²) in [5.74, 6) is -0.451. The van der Waals surface area contributed by atoms with E-state index in [0.29, 0.717) is 5.56 Å². The van der Waals surface area contributed by atoms with Crippen molar-refractivity contribution in [2.45, 2.75) is 30.1 Å². The Labute approximate surface area is 156 Å². The summed E-state index contributed by atoms with van der Waals surface area (Å²) < 4.78 is 34.0. The predicted molar refractivity (Wildman–Crippen MR) is 93.5 cm³/mol. The van der Waals surface area contributed by atoms with Crippen molar-refractivity contribution in [3.8, 4) is 0 Å². The largest absolute Gasteiger partial charge is 0.466 e. The lowest BCUT2D eigenvalue weighted by Crippen LogP contribution is -2.33. The second kappa shape index (κ2) is 9.22. The number of hydrogen-bond acceptors (Lipinski definition) is 5. The Morgan fingerprint density at radius 3 is 2.33 bits per heavy atom. The molecule has 6 nitrogen and oxygen atoms in total. The number of halogens is 3. The van der Waals surface area contributed by atoms with Crippen LogP contribution in [0.25, 0.3) is 0 Å². The Morgan fingerprint density at radius 1 is 1.25 bits per heavy atom. The normalized spacial score (nSPS) is 13.5. The summed E-state index contributed by atoms with van der Waals surface area (Å²) in [6, 6.07) is 6.55. The van der Waals surface area contributed by atoms with Crippen LogP contribution in [0, 0.1) is 6.92 Å². The van der Waals surface area contributed by atoms with E-state index in [-0.39, 0.29) is 13.0 Å². The number of aryl methyl sites for hydroxylation is 1. The number of carbonyl (C=O) groups is 1. The van der Waals surface area contributed by atoms with E-state index in [2.05, 4.69) is 8.91 Å². The zero-order valence-corrected chi connectivity index (χ0v) is 16.2. The highest BCUT2D eigenvalue weighted by molar-refractivity contribution is 7.84. The molecule has 0 aliphatic carbocycles. The van der Waals surface area contributed by atoms with Gasteiger partial charge >= 0.3 is 16.3 Å². The number of alkyl halides is 3. The molecule has 0 saturated heterocycles. The molecule has 0 radical (unpaired) electrons. The van der Waals surface area contributed by atoms with Gasteiger partial charge in [-0.2, -0.15) is 13.1 Å². The van der Waals surface area contributed by atoms with Crippen molar-refractivity contribution in [3.63, 3.8) is 0 Å². The molecule has 1 aromatic carbocycles. The summed E-state index contributed by atoms with van der Waals surface area (Å²) in [7, 11) is -4.17. The van der Waals surface area contributed by atoms with Crippen molar-refractivity contribution >= 4 is 51.1 Å². The van der Waals surface area contributed by atoms with E-state index in [1.165, 1.54) is 6.92 Å². The Balaban J connectivity index is 2.84. The maximum atomic E-state index is 12.0. The minimum Gasteiger partial charge on any atom is -0.466 e. The Morgan fingerprint density at radius 2 is 1.83 bits per heavy atom. The highest BCUT2D eigenvalue weighted by Crippen LogP contribution is 2.27. The number of carbonyl (C=O) groups excluding carboxylic acids is 1. The van der Waals surface area contributed by atoms with Gasteiger partial charge in [0.1, 0.15) is 6.61 Å². The maximum absolute atomic E-state index is 12.0. The molecule has 0 fully saturated rings. The van der Waals surface area contributed by atoms with Gasteiger partial charge in [0, 0.05) is 13.3 Å². The zero-order chi connectivity index (χ0) is 18.4. The first-order chi connectivity index (χ1) is 11.0. The van der Waals surface area contributed by atoms with Gasteiger partial charge in [-0.1, -0.05) is 64.6 Å². The van der Waals surface area contributed by atoms with E-state index < -0.39 is 32.7 Å². The zero-order valence-electron chi connectivity index (χ0n) is 13.1. The Kier molecular flexibility index (Phi) is 8.25. The van der Waals surface area contributed by atoms with E-state index in [9.17, 15) is 13.2 Å². The van der Waals surface area contributed by atoms with Gasteiger partial charge in [0.15, 0.2) is 0 Å². The third-order valence-electron chi connectivity index (χ3n) is 2.86. The van der Waals surface area contributed by atoms with E-state index in [4.69, 9.17) is 39.5 Å². The van der Waals surface area contributed by atoms with Gasteiger partial charge < -0.3 is 4.74 Å². The number of rotatable bonds is 8. The van der Waals surface area contributed by atoms with E-state index in [1.54, 1.807) is 12.1 Å². The number of hydrogen-bond donors (Lipinski definition) is 1. The van der Waals surface area contributed by atoms with E-state index >= 15 is 0 Å². The van der Waals surface area contributed by atoms with Crippen LogP contribution in [0.1, 0.15) is 30.5 Å². The molecular formula is C14H18Cl3NO5S. The van der Waals surface area contributed by atoms with Crippen LogP contribution >= 0.6 is 34.8 Å². The van der Waals surface area contributed by atoms with Crippen molar-refractivity contribution in [1.82, 2.24) is 4.72 Å². The fourth-order valence-electron chi connectivity index (χ4n) is 1.77. The molecule has 136 valence electrons. The molecule has 1 aromatic rings. The third kappa shape index (κ3) is 9.05. The average molecular weight is 419 g/mol. The quantitative estimate of drug-likeness (QED) is 0.518. The van der Waals surface area contributed by atoms with Gasteiger partial charge in [0.05, 0.1) is 12.6 Å². The van der Waals surface area contributed by atoms with E-state index in [1.807, 2.05) is 19.1 Å². The number of benzene rings is 1. The molecule has 0 heterocycles. The van der Waals surface area contributed by atoms with Gasteiger partial charge in [0.2, 0.25) is 3.79 Å². The van der Waals surface area contributed by atoms with Gasteiger partial charge in [-0.15, -0.1) is 0 Å². The number of nitrogens with one attached hydrogen (secondary N) is 1. The maximum Gasteiger partial charge on any atom is 0.336 e. The standard InChI is InChI=1S/C14H18Cl3NO5S/c1-10-3-5-12(6-4-10)13(7-8-22-11(2)19)18-24(20,21)23-9-14(15,16)17/h3-6,13,18H,7-9H2,1-2H3. The molecule has 1 atom stereocenters. The molecule has 0 aliphatic rings. The summed E-state index contributed by atoms with van der Waals surface area (Å²) >= 11 is 16.5. The fourth-order valence-corrected chi connectivity index (χ4v) is 3.13. The first-order valence-electron chi connectivity index (χ1n) is 6.92. The van der Waals surface area contributed by atoms with Crippen LogP contribution in [0.3, 0.4) is 0 Å². The number of ether oxygens (including phenoxy) is 1. The molecule has 10 heteroatoms. The van der Waals surface area contributed by atoms with Crippen LogP contribution in [0.2, 0.25) is 0 Å². The summed E-state index contributed by atoms with van der Waals surface area (Å²) in [4.78, 5) is 10.9. The summed E-state index contributed by atoms with van der Waals surface area (Å²) in [5.41, 5.74) is 1.71. The molecule has 0 aliphatic heterocycles. The molecule has 1 unspecified atom stereocenters. The van der Waals surface area contributed by atoms with Crippen molar-refractivity contribution in [3.05, 3.63) is 35.4 Å². The molecule has 1 N–H and O–H groups in total. The monoisotopic (exact) mass is 417 g/mol. The molecule has 1 rings (SSSR count). The van der Waals surface area contributed by atoms with Crippen LogP contribution in [0.4, 0.5) is 0 Å². The Bertz CT molecular complexity index is 643. The van der Waals surface area contributed by atoms with Crippen molar-refractivity contribution in [2.24, 2.45) is 0 Å². The van der Waals surface area contributed by atoms with Crippen LogP contribution in [-0.4, -0.2) is 31.4 Å². The summed E-state index contributed by atoms with van der Waals surface area (Å²) in [6.45, 7) is 2.60. The lowest BCUT2D eigenvalue weighted by Gasteiger charge is -2.20. The first kappa shape index (κ1) is 21.5. The third-order valence-corrected chi connectivity index (χ3v) is 4.18. The number of esters is 1. The van der Waals surface area contributed by atoms with Crippen LogP contribution in [0.5, 0.6) is 0 Å². The highest BCUT2D eigenvalue weighted by atomic mass is 35.6. The van der Waals surface area contributed by atoms with Crippen LogP contribution < -0.4 is 4.72 Å². The van der Waals surface area contributed by atoms with Gasteiger partial charge in [-0.05, 0) is 12.5 Å². The minimum absolute atomic E-state index is 0.0425. The van der Waals surface area contributed by atoms with Crippen molar-refractivity contribution in [2.75, 3.05) is 13.2 Å². The predicted octanol–water partition coefficient (Wildman–Crippen LogP) is 3.21. The fraction of sp³-hybridized carbons (Fsp3) is 0.500. The summed E-state index contributed by atoms with van der Waals surface area (Å²) in [6.07, 6.45) is 0.221. The SMILES string of the molecule is CC(=O)OCCC(NS(=O)(=O)OCC(Cl)(Cl)Cl)c1ccc(C)cc1. The summed E-state index contributed by atoms with van der Waals surface area (Å²) in [5, 5.41) is 0. The molecular weight excluding hydrogens is 401 g/mol. The van der Waals surface area contributed by atoms with Crippen LogP contribution in [0.15, 0.2) is 24.3 Å². The highest BCUT2D eigenvalue weighted by Gasteiger charge is 2.26. The molecule has 0 aromatic heterocycles. The minimum atomic E-state index is -4.17. The lowest BCUT2D eigenvalue weighted by molar-refractivity contribution is -0.141. The van der Waals surface area contributed by atoms with Gasteiger partial charge in [-0.3, -0.25) is 8.98 Å². The molecule has 0 bridgehead atoms. The average Bonchev–Trinajstić information content (AvgIpc) is 2.44. The van der Waals surface area contributed by atoms with Gasteiger partial charge in [-0.25, -0.2) is 0 Å². The van der Waals surface area contributed by atoms with Gasteiger partial charge in [0.25, 0.3) is 0 Å². The second-order valence-electron chi connectivity index (χ2n) is 5.04. The first-order valence-corrected chi connectivity index (χ1v) is 9.46. The molecule has 24 heavy (non-hydrogen) atoms. The van der Waals surface area contributed by atoms with Crippen molar-refractivity contribution in [1.29, 1.82) is 0 Å². The van der Waals surface area contributed by atoms with Crippen molar-refractivity contribution < 1.29 is 22.1 Å². The second-order valence-corrected chi connectivity index (χ2v) is 8.94. The molecule has 0 saturated carbocycles. The lowest BCUT2D eigenvalue weighted by atomic mass is 10.0. The Hall–Kier alpha value is -0.570. The molecule has 0 amide bonds. The topological polar surface area (TPSA) is 81.7 Å². The van der Waals surface area contributed by atoms with Crippen LogP contribution in [-0.2, 0) is 24.0 Å². The van der Waals surface area contributed by atoms with E-state index in [0.717, 1.165) is 5.56 Å². The molecule has 0 spiro atoms.